The van der Waals surface area contributed by atoms with Gasteiger partial charge in [0.25, 0.3) is 0 Å². The zero-order valence-corrected chi connectivity index (χ0v) is 11.8. The van der Waals surface area contributed by atoms with Gasteiger partial charge in [0.2, 0.25) is 0 Å². The van der Waals surface area contributed by atoms with Crippen LogP contribution in [-0.4, -0.2) is 51.8 Å². The van der Waals surface area contributed by atoms with Crippen LogP contribution in [-0.2, 0) is 9.84 Å². The summed E-state index contributed by atoms with van der Waals surface area (Å²) in [6.45, 7) is 2.44. The number of likely N-dealkylation sites (N-methyl/N-ethyl adjacent to an activating group) is 1. The van der Waals surface area contributed by atoms with Gasteiger partial charge in [-0.3, -0.25) is 4.90 Å². The average Bonchev–Trinajstić information content (AvgIpc) is 2.25. The maximum Gasteiger partial charge on any atom is 0.179 e. The molecule has 0 radical (unpaired) electrons. The van der Waals surface area contributed by atoms with Crippen molar-refractivity contribution in [3.63, 3.8) is 0 Å². The molecule has 0 atom stereocenters. The minimum absolute atomic E-state index is 0.141. The lowest BCUT2D eigenvalue weighted by molar-refractivity contribution is 0.189. The molecular formula is C12H17ClN2O2S. The van der Waals surface area contributed by atoms with Crippen molar-refractivity contribution in [1.29, 1.82) is 0 Å². The normalized spacial score (nSPS) is 16.8. The molecule has 100 valence electrons. The molecule has 0 spiro atoms. The van der Waals surface area contributed by atoms with Crippen LogP contribution in [0.4, 0.5) is 0 Å². The predicted octanol–water partition coefficient (Wildman–Crippen LogP) is 1.02. The highest BCUT2D eigenvalue weighted by Crippen LogP contribution is 2.15. The van der Waals surface area contributed by atoms with Gasteiger partial charge < -0.3 is 5.32 Å². The molecular weight excluding hydrogens is 272 g/mol. The number of nitrogens with one attached hydrogen (secondary N) is 1. The summed E-state index contributed by atoms with van der Waals surface area (Å²) in [6, 6.07) is 6.79. The Balaban J connectivity index is 1.96. The molecule has 1 aliphatic rings. The molecule has 0 aliphatic carbocycles. The smallest absolute Gasteiger partial charge is 0.179 e. The number of hydrogen-bond acceptors (Lipinski definition) is 4. The molecule has 1 aliphatic heterocycles. The van der Waals surface area contributed by atoms with Gasteiger partial charge in [0.1, 0.15) is 0 Å². The highest BCUT2D eigenvalue weighted by molar-refractivity contribution is 7.91. The third-order valence-corrected chi connectivity index (χ3v) is 5.23. The lowest BCUT2D eigenvalue weighted by atomic mass is 10.1. The minimum Gasteiger partial charge on any atom is -0.314 e. The van der Waals surface area contributed by atoms with E-state index in [0.29, 0.717) is 22.5 Å². The fourth-order valence-electron chi connectivity index (χ4n) is 1.79. The minimum atomic E-state index is -3.21. The summed E-state index contributed by atoms with van der Waals surface area (Å²) in [4.78, 5) is 2.43. The summed E-state index contributed by atoms with van der Waals surface area (Å²) in [6.07, 6.45) is 0. The molecule has 0 bridgehead atoms. The van der Waals surface area contributed by atoms with Gasteiger partial charge in [0, 0.05) is 30.7 Å². The van der Waals surface area contributed by atoms with Crippen molar-refractivity contribution in [3.05, 3.63) is 29.3 Å². The summed E-state index contributed by atoms with van der Waals surface area (Å²) in [5.41, 5.74) is 0. The second-order valence-corrected chi connectivity index (χ2v) is 7.11. The van der Waals surface area contributed by atoms with Crippen LogP contribution in [0, 0.1) is 0 Å². The highest BCUT2D eigenvalue weighted by atomic mass is 35.5. The topological polar surface area (TPSA) is 49.4 Å². The van der Waals surface area contributed by atoms with E-state index < -0.39 is 9.84 Å². The van der Waals surface area contributed by atoms with Crippen molar-refractivity contribution in [2.24, 2.45) is 0 Å². The van der Waals surface area contributed by atoms with Gasteiger partial charge >= 0.3 is 0 Å². The quantitative estimate of drug-likeness (QED) is 0.879. The first-order chi connectivity index (χ1) is 8.49. The fourth-order valence-corrected chi connectivity index (χ4v) is 3.23. The molecule has 2 rings (SSSR count). The van der Waals surface area contributed by atoms with E-state index >= 15 is 0 Å². The summed E-state index contributed by atoms with van der Waals surface area (Å²) in [7, 11) is -1.25. The molecule has 4 nitrogen and oxygen atoms in total. The number of rotatable bonds is 5. The largest absolute Gasteiger partial charge is 0.314 e. The molecule has 1 saturated heterocycles. The summed E-state index contributed by atoms with van der Waals surface area (Å²) < 4.78 is 24.2. The van der Waals surface area contributed by atoms with Gasteiger partial charge in [-0.2, -0.15) is 0 Å². The number of benzene rings is 1. The van der Waals surface area contributed by atoms with Crippen molar-refractivity contribution in [2.45, 2.75) is 10.9 Å². The average molecular weight is 289 g/mol. The third kappa shape index (κ3) is 3.23. The van der Waals surface area contributed by atoms with Crippen LogP contribution >= 0.6 is 11.6 Å². The second kappa shape index (κ2) is 5.57. The summed E-state index contributed by atoms with van der Waals surface area (Å²) in [5, 5.41) is 3.72. The lowest BCUT2D eigenvalue weighted by Gasteiger charge is -2.35. The maximum atomic E-state index is 12.1. The van der Waals surface area contributed by atoms with Crippen LogP contribution in [0.1, 0.15) is 0 Å². The van der Waals surface area contributed by atoms with Crippen LogP contribution in [0.3, 0.4) is 0 Å². The molecule has 0 saturated carbocycles. The first-order valence-corrected chi connectivity index (χ1v) is 7.91. The molecule has 1 aromatic rings. The van der Waals surface area contributed by atoms with Gasteiger partial charge in [-0.1, -0.05) is 11.6 Å². The van der Waals surface area contributed by atoms with E-state index in [2.05, 4.69) is 10.2 Å². The van der Waals surface area contributed by atoms with Crippen molar-refractivity contribution in [2.75, 3.05) is 32.4 Å². The van der Waals surface area contributed by atoms with Crippen molar-refractivity contribution in [3.8, 4) is 0 Å². The maximum absolute atomic E-state index is 12.1. The molecule has 1 aromatic carbocycles. The van der Waals surface area contributed by atoms with Crippen molar-refractivity contribution in [1.82, 2.24) is 10.2 Å². The Bertz CT molecular complexity index is 497. The van der Waals surface area contributed by atoms with Gasteiger partial charge in [-0.25, -0.2) is 8.42 Å². The number of sulfone groups is 1. The zero-order valence-electron chi connectivity index (χ0n) is 10.3. The van der Waals surface area contributed by atoms with E-state index in [-0.39, 0.29) is 5.75 Å². The summed E-state index contributed by atoms with van der Waals surface area (Å²) >= 11 is 5.75. The number of halogens is 1. The molecule has 0 unspecified atom stereocenters. The van der Waals surface area contributed by atoms with Gasteiger partial charge in [0.05, 0.1) is 10.6 Å². The molecule has 1 heterocycles. The molecule has 1 N–H and O–H groups in total. The van der Waals surface area contributed by atoms with Crippen LogP contribution in [0.2, 0.25) is 5.02 Å². The van der Waals surface area contributed by atoms with E-state index in [9.17, 15) is 8.42 Å². The van der Waals surface area contributed by atoms with Crippen LogP contribution in [0.25, 0.3) is 0 Å². The van der Waals surface area contributed by atoms with E-state index in [1.165, 1.54) is 0 Å². The van der Waals surface area contributed by atoms with E-state index in [1.54, 1.807) is 24.3 Å². The zero-order chi connectivity index (χ0) is 13.2. The molecule has 1 fully saturated rings. The van der Waals surface area contributed by atoms with Crippen LogP contribution < -0.4 is 5.32 Å². The Labute approximate surface area is 113 Å². The number of hydrogen-bond donors (Lipinski definition) is 1. The van der Waals surface area contributed by atoms with E-state index in [1.807, 2.05) is 7.05 Å². The first-order valence-electron chi connectivity index (χ1n) is 5.88. The number of nitrogens with zero attached hydrogens (tertiary/aromatic N) is 1. The Morgan fingerprint density at radius 1 is 1.33 bits per heavy atom. The van der Waals surface area contributed by atoms with Crippen LogP contribution in [0.5, 0.6) is 0 Å². The van der Waals surface area contributed by atoms with E-state index in [4.69, 9.17) is 11.6 Å². The Kier molecular flexibility index (Phi) is 4.27. The van der Waals surface area contributed by atoms with E-state index in [0.717, 1.165) is 13.1 Å². The Hall–Kier alpha value is -0.620. The SMILES string of the molecule is CN(CCS(=O)(=O)c1ccc(Cl)cc1)C1CNC1. The standard InChI is InChI=1S/C12H17ClN2O2S/c1-15(11-8-14-9-11)6-7-18(16,17)12-4-2-10(13)3-5-12/h2-5,11,14H,6-9H2,1H3. The van der Waals surface area contributed by atoms with Gasteiger partial charge in [-0.15, -0.1) is 0 Å². The monoisotopic (exact) mass is 288 g/mol. The highest BCUT2D eigenvalue weighted by Gasteiger charge is 2.23. The molecule has 0 aromatic heterocycles. The summed E-state index contributed by atoms with van der Waals surface area (Å²) in [5.74, 6) is 0.141. The van der Waals surface area contributed by atoms with Crippen LogP contribution in [0.15, 0.2) is 29.2 Å². The third-order valence-electron chi connectivity index (χ3n) is 3.27. The fraction of sp³-hybridized carbons (Fsp3) is 0.500. The Morgan fingerprint density at radius 3 is 2.44 bits per heavy atom. The molecule has 6 heteroatoms. The van der Waals surface area contributed by atoms with Crippen molar-refractivity contribution < 1.29 is 8.42 Å². The Morgan fingerprint density at radius 2 is 1.94 bits per heavy atom. The molecule has 0 amide bonds. The van der Waals surface area contributed by atoms with Crippen molar-refractivity contribution >= 4 is 21.4 Å². The lowest BCUT2D eigenvalue weighted by Crippen LogP contribution is -2.56. The second-order valence-electron chi connectivity index (χ2n) is 4.57. The first kappa shape index (κ1) is 13.8. The molecule has 18 heavy (non-hydrogen) atoms. The predicted molar refractivity (Wildman–Crippen MR) is 72.8 cm³/mol. The van der Waals surface area contributed by atoms with Gasteiger partial charge in [0.15, 0.2) is 9.84 Å². The van der Waals surface area contributed by atoms with Gasteiger partial charge in [-0.05, 0) is 31.3 Å².